The molecule has 0 N–H and O–H groups in total. The van der Waals surface area contributed by atoms with Crippen LogP contribution in [0.25, 0.3) is 0 Å². The van der Waals surface area contributed by atoms with Crippen LogP contribution in [0.1, 0.15) is 33.0 Å². The zero-order chi connectivity index (χ0) is 14.8. The normalized spacial score (nSPS) is 17.6. The first kappa shape index (κ1) is 15.5. The van der Waals surface area contributed by atoms with Crippen molar-refractivity contribution in [1.29, 1.82) is 0 Å². The van der Waals surface area contributed by atoms with Gasteiger partial charge in [0.05, 0.1) is 0 Å². The van der Waals surface area contributed by atoms with Crippen molar-refractivity contribution in [3.8, 4) is 0 Å². The summed E-state index contributed by atoms with van der Waals surface area (Å²) in [6.07, 6.45) is 1.24. The van der Waals surface area contributed by atoms with Crippen LogP contribution in [-0.2, 0) is 0 Å². The molecule has 0 bridgehead atoms. The molecule has 2 rings (SSSR count). The minimum Gasteiger partial charge on any atom is -0.354 e. The summed E-state index contributed by atoms with van der Waals surface area (Å²) in [6.45, 7) is 14.2. The highest BCUT2D eigenvalue weighted by molar-refractivity contribution is 6.29. The Morgan fingerprint density at radius 3 is 2.35 bits per heavy atom. The van der Waals surface area contributed by atoms with Gasteiger partial charge >= 0.3 is 0 Å². The summed E-state index contributed by atoms with van der Waals surface area (Å²) in [6, 6.07) is 1.86. The monoisotopic (exact) mass is 296 g/mol. The van der Waals surface area contributed by atoms with Gasteiger partial charge in [0.1, 0.15) is 16.8 Å². The molecule has 0 amide bonds. The van der Waals surface area contributed by atoms with E-state index < -0.39 is 0 Å². The lowest BCUT2D eigenvalue weighted by atomic mass is 9.92. The number of aromatic nitrogens is 2. The first-order valence-electron chi connectivity index (χ1n) is 7.32. The highest BCUT2D eigenvalue weighted by Crippen LogP contribution is 2.21. The van der Waals surface area contributed by atoms with Crippen LogP contribution < -0.4 is 4.90 Å². The molecule has 5 heteroatoms. The van der Waals surface area contributed by atoms with Gasteiger partial charge in [0.2, 0.25) is 0 Å². The molecule has 1 aliphatic rings. The number of halogens is 1. The van der Waals surface area contributed by atoms with E-state index in [1.165, 1.54) is 13.0 Å². The van der Waals surface area contributed by atoms with E-state index in [2.05, 4.69) is 40.5 Å². The minimum atomic E-state index is 0.411. The third-order valence-corrected chi connectivity index (χ3v) is 3.86. The Bertz CT molecular complexity index is 427. The molecular formula is C15H25ClN4. The largest absolute Gasteiger partial charge is 0.354 e. The van der Waals surface area contributed by atoms with Gasteiger partial charge in [-0.3, -0.25) is 4.90 Å². The van der Waals surface area contributed by atoms with Gasteiger partial charge in [0, 0.05) is 32.2 Å². The Morgan fingerprint density at radius 1 is 1.15 bits per heavy atom. The fourth-order valence-corrected chi connectivity index (χ4v) is 2.59. The van der Waals surface area contributed by atoms with Crippen molar-refractivity contribution in [2.45, 2.75) is 34.1 Å². The summed E-state index contributed by atoms with van der Waals surface area (Å²) in [5.74, 6) is 1.70. The van der Waals surface area contributed by atoms with Gasteiger partial charge in [-0.05, 0) is 25.3 Å². The van der Waals surface area contributed by atoms with Crippen molar-refractivity contribution in [1.82, 2.24) is 14.9 Å². The van der Waals surface area contributed by atoms with Crippen LogP contribution >= 0.6 is 11.6 Å². The van der Waals surface area contributed by atoms with Crippen LogP contribution in [-0.4, -0.2) is 47.6 Å². The Labute approximate surface area is 127 Å². The molecule has 1 aliphatic heterocycles. The number of anilines is 1. The van der Waals surface area contributed by atoms with E-state index in [-0.39, 0.29) is 0 Å². The summed E-state index contributed by atoms with van der Waals surface area (Å²) < 4.78 is 0. The predicted molar refractivity (Wildman–Crippen MR) is 84.5 cm³/mol. The lowest BCUT2D eigenvalue weighted by Crippen LogP contribution is -2.47. The maximum absolute atomic E-state index is 6.01. The molecular weight excluding hydrogens is 272 g/mol. The second-order valence-electron chi connectivity index (χ2n) is 6.74. The van der Waals surface area contributed by atoms with Gasteiger partial charge in [-0.1, -0.05) is 32.4 Å². The zero-order valence-electron chi connectivity index (χ0n) is 13.0. The van der Waals surface area contributed by atoms with Crippen molar-refractivity contribution in [2.75, 3.05) is 37.6 Å². The average molecular weight is 297 g/mol. The molecule has 1 saturated heterocycles. The van der Waals surface area contributed by atoms with Crippen LogP contribution in [0.3, 0.4) is 0 Å². The van der Waals surface area contributed by atoms with Gasteiger partial charge in [0.25, 0.3) is 0 Å². The Balaban J connectivity index is 1.88. The minimum absolute atomic E-state index is 0.411. The zero-order valence-corrected chi connectivity index (χ0v) is 13.7. The molecule has 1 aromatic rings. The molecule has 0 saturated carbocycles. The third-order valence-electron chi connectivity index (χ3n) is 3.67. The third kappa shape index (κ3) is 4.60. The summed E-state index contributed by atoms with van der Waals surface area (Å²) in [7, 11) is 0. The molecule has 112 valence electrons. The van der Waals surface area contributed by atoms with E-state index in [0.29, 0.717) is 10.6 Å². The molecule has 0 aromatic carbocycles. The standard InChI is InChI=1S/C15H25ClN4/c1-12-17-13(16)11-14(18-12)20-9-7-19(8-10-20)6-5-15(2,3)4/h11H,5-10H2,1-4H3. The average Bonchev–Trinajstić information content (AvgIpc) is 2.35. The van der Waals surface area contributed by atoms with E-state index in [4.69, 9.17) is 11.6 Å². The molecule has 1 fully saturated rings. The van der Waals surface area contributed by atoms with Crippen molar-refractivity contribution in [3.05, 3.63) is 17.0 Å². The Morgan fingerprint density at radius 2 is 1.80 bits per heavy atom. The Hall–Kier alpha value is -0.870. The van der Waals surface area contributed by atoms with Crippen LogP contribution in [0, 0.1) is 12.3 Å². The van der Waals surface area contributed by atoms with Gasteiger partial charge in [-0.2, -0.15) is 0 Å². The van der Waals surface area contributed by atoms with Crippen molar-refractivity contribution in [2.24, 2.45) is 5.41 Å². The highest BCUT2D eigenvalue weighted by atomic mass is 35.5. The molecule has 0 aliphatic carbocycles. The number of hydrogen-bond donors (Lipinski definition) is 0. The topological polar surface area (TPSA) is 32.3 Å². The molecule has 0 atom stereocenters. The first-order chi connectivity index (χ1) is 9.33. The van der Waals surface area contributed by atoms with Crippen molar-refractivity contribution in [3.63, 3.8) is 0 Å². The van der Waals surface area contributed by atoms with Crippen LogP contribution in [0.15, 0.2) is 6.07 Å². The van der Waals surface area contributed by atoms with Crippen LogP contribution in [0.4, 0.5) is 5.82 Å². The highest BCUT2D eigenvalue weighted by Gasteiger charge is 2.20. The van der Waals surface area contributed by atoms with Gasteiger partial charge < -0.3 is 4.90 Å². The fourth-order valence-electron chi connectivity index (χ4n) is 2.37. The maximum atomic E-state index is 6.01. The smallest absolute Gasteiger partial charge is 0.134 e. The summed E-state index contributed by atoms with van der Waals surface area (Å²) >= 11 is 6.01. The molecule has 0 radical (unpaired) electrons. The number of aryl methyl sites for hydroxylation is 1. The van der Waals surface area contributed by atoms with Crippen LogP contribution in [0.2, 0.25) is 5.15 Å². The molecule has 20 heavy (non-hydrogen) atoms. The van der Waals surface area contributed by atoms with E-state index >= 15 is 0 Å². The van der Waals surface area contributed by atoms with E-state index in [1.54, 1.807) is 0 Å². The number of piperazine rings is 1. The lowest BCUT2D eigenvalue weighted by Gasteiger charge is -2.36. The SMILES string of the molecule is Cc1nc(Cl)cc(N2CCN(CCC(C)(C)C)CC2)n1. The van der Waals surface area contributed by atoms with Gasteiger partial charge in [-0.25, -0.2) is 9.97 Å². The lowest BCUT2D eigenvalue weighted by molar-refractivity contribution is 0.217. The predicted octanol–water partition coefficient (Wildman–Crippen LogP) is 3.00. The Kier molecular flexibility index (Phi) is 4.86. The van der Waals surface area contributed by atoms with E-state index in [1.807, 2.05) is 13.0 Å². The second-order valence-corrected chi connectivity index (χ2v) is 7.12. The van der Waals surface area contributed by atoms with Crippen LogP contribution in [0.5, 0.6) is 0 Å². The quantitative estimate of drug-likeness (QED) is 0.803. The van der Waals surface area contributed by atoms with Gasteiger partial charge in [-0.15, -0.1) is 0 Å². The summed E-state index contributed by atoms with van der Waals surface area (Å²) in [4.78, 5) is 13.4. The molecule has 4 nitrogen and oxygen atoms in total. The van der Waals surface area contributed by atoms with Gasteiger partial charge in [0.15, 0.2) is 0 Å². The first-order valence-corrected chi connectivity index (χ1v) is 7.70. The maximum Gasteiger partial charge on any atom is 0.134 e. The molecule has 0 spiro atoms. The molecule has 2 heterocycles. The number of hydrogen-bond acceptors (Lipinski definition) is 4. The molecule has 1 aromatic heterocycles. The number of nitrogens with zero attached hydrogens (tertiary/aromatic N) is 4. The van der Waals surface area contributed by atoms with E-state index in [0.717, 1.165) is 37.8 Å². The summed E-state index contributed by atoms with van der Waals surface area (Å²) in [5, 5.41) is 0.530. The van der Waals surface area contributed by atoms with Crippen molar-refractivity contribution < 1.29 is 0 Å². The van der Waals surface area contributed by atoms with Crippen molar-refractivity contribution >= 4 is 17.4 Å². The summed E-state index contributed by atoms with van der Waals surface area (Å²) in [5.41, 5.74) is 0.411. The second kappa shape index (κ2) is 6.27. The molecule has 0 unspecified atom stereocenters. The number of rotatable bonds is 3. The fraction of sp³-hybridized carbons (Fsp3) is 0.733. The van der Waals surface area contributed by atoms with E-state index in [9.17, 15) is 0 Å².